The molecule has 0 aliphatic heterocycles. The molecule has 0 spiro atoms. The lowest BCUT2D eigenvalue weighted by Gasteiger charge is -2.29. The molecule has 0 amide bonds. The first-order chi connectivity index (χ1) is 11.8. The highest BCUT2D eigenvalue weighted by Crippen LogP contribution is 2.35. The smallest absolute Gasteiger partial charge is 0.0351 e. The third-order valence-corrected chi connectivity index (χ3v) is 4.67. The summed E-state index contributed by atoms with van der Waals surface area (Å²) in [6, 6.07) is 32.9. The Labute approximate surface area is 157 Å². The molecule has 25 heavy (non-hydrogen) atoms. The molecule has 0 aliphatic carbocycles. The summed E-state index contributed by atoms with van der Waals surface area (Å²) in [5, 5.41) is 0. The molecule has 0 fully saturated rings. The molecule has 3 rings (SSSR count). The Bertz CT molecular complexity index is 686. The van der Waals surface area contributed by atoms with Crippen LogP contribution in [0.25, 0.3) is 0 Å². The molecule has 1 nitrogen and oxygen atoms in total. The van der Waals surface area contributed by atoms with Gasteiger partial charge in [0, 0.05) is 12.0 Å². The molecule has 2 heteroatoms. The molecule has 0 saturated heterocycles. The van der Waals surface area contributed by atoms with Gasteiger partial charge in [0.2, 0.25) is 0 Å². The Morgan fingerprint density at radius 1 is 0.600 bits per heavy atom. The first-order valence-electron chi connectivity index (χ1n) is 8.57. The Balaban J connectivity index is 0.00000225. The van der Waals surface area contributed by atoms with Crippen molar-refractivity contribution < 1.29 is 0 Å². The van der Waals surface area contributed by atoms with Crippen LogP contribution in [0.4, 0.5) is 0 Å². The van der Waals surface area contributed by atoms with Crippen LogP contribution in [-0.2, 0) is 0 Å². The van der Waals surface area contributed by atoms with Crippen LogP contribution in [0.15, 0.2) is 91.0 Å². The highest BCUT2D eigenvalue weighted by Gasteiger charge is 2.22. The number of hydrogen-bond donors (Lipinski definition) is 0. The third-order valence-electron chi connectivity index (χ3n) is 4.67. The molecule has 0 N–H and O–H groups in total. The Hall–Kier alpha value is -2.09. The fraction of sp³-hybridized carbons (Fsp3) is 0.217. The standard InChI is InChI=1S/C23H25N.ClH/c1-24(2)23(21-16-10-5-11-17-21)18-22(19-12-6-3-7-13-19)20-14-8-4-9-15-20;/h3-17,22-23H,18H2,1-2H3;1H. The summed E-state index contributed by atoms with van der Waals surface area (Å²) in [5.74, 6) is 0.389. The summed E-state index contributed by atoms with van der Waals surface area (Å²) >= 11 is 0. The quantitative estimate of drug-likeness (QED) is 0.531. The van der Waals surface area contributed by atoms with Gasteiger partial charge in [-0.15, -0.1) is 12.4 Å². The van der Waals surface area contributed by atoms with Gasteiger partial charge in [-0.25, -0.2) is 0 Å². The molecular weight excluding hydrogens is 326 g/mol. The first-order valence-corrected chi connectivity index (χ1v) is 8.57. The molecule has 0 heterocycles. The van der Waals surface area contributed by atoms with E-state index in [0.29, 0.717) is 12.0 Å². The number of hydrogen-bond acceptors (Lipinski definition) is 1. The SMILES string of the molecule is CN(C)C(CC(c1ccccc1)c1ccccc1)c1ccccc1.Cl. The maximum absolute atomic E-state index is 2.33. The number of nitrogens with zero attached hydrogens (tertiary/aromatic N) is 1. The van der Waals surface area contributed by atoms with E-state index < -0.39 is 0 Å². The molecule has 130 valence electrons. The van der Waals surface area contributed by atoms with Gasteiger partial charge in [-0.05, 0) is 37.2 Å². The van der Waals surface area contributed by atoms with Gasteiger partial charge < -0.3 is 4.90 Å². The molecule has 1 atom stereocenters. The lowest BCUT2D eigenvalue weighted by molar-refractivity contribution is 0.275. The highest BCUT2D eigenvalue weighted by atomic mass is 35.5. The lowest BCUT2D eigenvalue weighted by atomic mass is 9.84. The van der Waals surface area contributed by atoms with Crippen LogP contribution in [0, 0.1) is 0 Å². The van der Waals surface area contributed by atoms with Gasteiger partial charge >= 0.3 is 0 Å². The van der Waals surface area contributed by atoms with Crippen molar-refractivity contribution in [2.75, 3.05) is 14.1 Å². The van der Waals surface area contributed by atoms with Gasteiger partial charge in [0.1, 0.15) is 0 Å². The van der Waals surface area contributed by atoms with Crippen LogP contribution >= 0.6 is 12.4 Å². The van der Waals surface area contributed by atoms with Gasteiger partial charge in [-0.1, -0.05) is 91.0 Å². The zero-order chi connectivity index (χ0) is 16.8. The molecule has 3 aromatic rings. The van der Waals surface area contributed by atoms with Crippen molar-refractivity contribution >= 4 is 12.4 Å². The molecule has 0 aliphatic rings. The van der Waals surface area contributed by atoms with E-state index in [9.17, 15) is 0 Å². The molecule has 0 aromatic heterocycles. The van der Waals surface area contributed by atoms with Crippen molar-refractivity contribution in [3.63, 3.8) is 0 Å². The van der Waals surface area contributed by atoms with Gasteiger partial charge in [0.15, 0.2) is 0 Å². The van der Waals surface area contributed by atoms with Crippen molar-refractivity contribution in [1.29, 1.82) is 0 Å². The van der Waals surface area contributed by atoms with Crippen LogP contribution in [0.2, 0.25) is 0 Å². The highest BCUT2D eigenvalue weighted by molar-refractivity contribution is 5.85. The normalized spacial score (nSPS) is 12.0. The van der Waals surface area contributed by atoms with E-state index in [2.05, 4.69) is 110 Å². The minimum Gasteiger partial charge on any atom is -0.302 e. The minimum absolute atomic E-state index is 0. The molecule has 3 aromatic carbocycles. The summed E-state index contributed by atoms with van der Waals surface area (Å²) in [5.41, 5.74) is 4.14. The number of halogens is 1. The van der Waals surface area contributed by atoms with Gasteiger partial charge in [0.05, 0.1) is 0 Å². The summed E-state index contributed by atoms with van der Waals surface area (Å²) in [6.45, 7) is 0. The molecule has 1 unspecified atom stereocenters. The Morgan fingerprint density at radius 3 is 1.32 bits per heavy atom. The van der Waals surface area contributed by atoms with Gasteiger partial charge in [0.25, 0.3) is 0 Å². The Morgan fingerprint density at radius 2 is 0.960 bits per heavy atom. The van der Waals surface area contributed by atoms with Gasteiger partial charge in [-0.3, -0.25) is 0 Å². The van der Waals surface area contributed by atoms with E-state index in [-0.39, 0.29) is 12.4 Å². The van der Waals surface area contributed by atoms with E-state index in [1.807, 2.05) is 0 Å². The second-order valence-corrected chi connectivity index (χ2v) is 6.50. The third kappa shape index (κ3) is 4.94. The zero-order valence-corrected chi connectivity index (χ0v) is 15.7. The average Bonchev–Trinajstić information content (AvgIpc) is 2.64. The van der Waals surface area contributed by atoms with Crippen molar-refractivity contribution in [1.82, 2.24) is 4.90 Å². The molecule has 0 saturated carbocycles. The summed E-state index contributed by atoms with van der Waals surface area (Å²) in [6.07, 6.45) is 1.06. The largest absolute Gasteiger partial charge is 0.302 e. The van der Waals surface area contributed by atoms with Crippen molar-refractivity contribution in [3.8, 4) is 0 Å². The molecule has 0 radical (unpaired) electrons. The van der Waals surface area contributed by atoms with Crippen LogP contribution in [0.5, 0.6) is 0 Å². The minimum atomic E-state index is 0. The predicted octanol–water partition coefficient (Wildman–Crippen LogP) is 5.93. The number of benzene rings is 3. The van der Waals surface area contributed by atoms with Crippen LogP contribution in [-0.4, -0.2) is 19.0 Å². The fourth-order valence-electron chi connectivity index (χ4n) is 3.38. The van der Waals surface area contributed by atoms with E-state index in [4.69, 9.17) is 0 Å². The molecular formula is C23H26ClN. The van der Waals surface area contributed by atoms with Crippen molar-refractivity contribution in [2.24, 2.45) is 0 Å². The van der Waals surface area contributed by atoms with Crippen molar-refractivity contribution in [3.05, 3.63) is 108 Å². The van der Waals surface area contributed by atoms with E-state index >= 15 is 0 Å². The van der Waals surface area contributed by atoms with E-state index in [1.54, 1.807) is 0 Å². The maximum atomic E-state index is 2.33. The van der Waals surface area contributed by atoms with Gasteiger partial charge in [-0.2, -0.15) is 0 Å². The summed E-state index contributed by atoms with van der Waals surface area (Å²) < 4.78 is 0. The first kappa shape index (κ1) is 19.2. The van der Waals surface area contributed by atoms with Crippen LogP contribution in [0.1, 0.15) is 35.1 Å². The predicted molar refractivity (Wildman–Crippen MR) is 109 cm³/mol. The molecule has 0 bridgehead atoms. The Kier molecular flexibility index (Phi) is 7.24. The maximum Gasteiger partial charge on any atom is 0.0351 e. The van der Waals surface area contributed by atoms with Crippen LogP contribution in [0.3, 0.4) is 0 Å². The van der Waals surface area contributed by atoms with E-state index in [0.717, 1.165) is 6.42 Å². The summed E-state index contributed by atoms with van der Waals surface area (Å²) in [4.78, 5) is 2.33. The second kappa shape index (κ2) is 9.41. The summed E-state index contributed by atoms with van der Waals surface area (Å²) in [7, 11) is 4.34. The van der Waals surface area contributed by atoms with Crippen molar-refractivity contribution in [2.45, 2.75) is 18.4 Å². The number of rotatable bonds is 6. The van der Waals surface area contributed by atoms with Crippen LogP contribution < -0.4 is 0 Å². The fourth-order valence-corrected chi connectivity index (χ4v) is 3.38. The zero-order valence-electron chi connectivity index (χ0n) is 14.9. The monoisotopic (exact) mass is 351 g/mol. The van der Waals surface area contributed by atoms with E-state index in [1.165, 1.54) is 16.7 Å². The average molecular weight is 352 g/mol. The topological polar surface area (TPSA) is 3.24 Å². The lowest BCUT2D eigenvalue weighted by Crippen LogP contribution is -2.22. The second-order valence-electron chi connectivity index (χ2n) is 6.50.